The van der Waals surface area contributed by atoms with E-state index in [0.717, 1.165) is 28.0 Å². The third-order valence-electron chi connectivity index (χ3n) is 6.35. The Kier molecular flexibility index (Phi) is 8.17. The van der Waals surface area contributed by atoms with Gasteiger partial charge in [-0.2, -0.15) is 4.80 Å². The second kappa shape index (κ2) is 11.9. The number of rotatable bonds is 10. The molecule has 1 amide bonds. The summed E-state index contributed by atoms with van der Waals surface area (Å²) in [5.41, 5.74) is 1.29. The van der Waals surface area contributed by atoms with Crippen LogP contribution in [0, 0.1) is 0 Å². The summed E-state index contributed by atoms with van der Waals surface area (Å²) in [6, 6.07) is 17.2. The monoisotopic (exact) mass is 562 g/mol. The van der Waals surface area contributed by atoms with Gasteiger partial charge in [0.25, 0.3) is 0 Å². The number of tetrazole rings is 1. The third kappa shape index (κ3) is 7.18. The molecule has 1 aliphatic rings. The van der Waals surface area contributed by atoms with Gasteiger partial charge in [-0.05, 0) is 74.0 Å². The molecule has 0 bridgehead atoms. The second-order valence-electron chi connectivity index (χ2n) is 10.7. The SMILES string of the molecule is COc1ccc(Cn2nnc(C(COc3ccc4nc(NC5CN(C(=O)OC(C)(C)C)C5)ccc4c3)ON)n2)cc1. The van der Waals surface area contributed by atoms with E-state index in [2.05, 4.69) is 25.7 Å². The van der Waals surface area contributed by atoms with E-state index in [1.807, 2.05) is 75.4 Å². The molecule has 41 heavy (non-hydrogen) atoms. The summed E-state index contributed by atoms with van der Waals surface area (Å²) in [6.07, 6.45) is -1.01. The summed E-state index contributed by atoms with van der Waals surface area (Å²) in [7, 11) is 1.62. The number of amides is 1. The second-order valence-corrected chi connectivity index (χ2v) is 10.7. The Labute approximate surface area is 237 Å². The van der Waals surface area contributed by atoms with Crippen LogP contribution in [-0.2, 0) is 16.1 Å². The molecule has 0 spiro atoms. The number of nitrogens with one attached hydrogen (secondary N) is 1. The van der Waals surface area contributed by atoms with Crippen LogP contribution >= 0.6 is 0 Å². The Hall–Kier alpha value is -4.49. The van der Waals surface area contributed by atoms with Gasteiger partial charge >= 0.3 is 6.09 Å². The molecule has 0 aliphatic carbocycles. The molecule has 5 rings (SSSR count). The lowest BCUT2D eigenvalue weighted by molar-refractivity contribution is 0.0104. The number of ether oxygens (including phenoxy) is 3. The molecular formula is C28H34N8O5. The van der Waals surface area contributed by atoms with E-state index in [9.17, 15) is 4.79 Å². The topological polar surface area (TPSA) is 152 Å². The number of pyridine rings is 1. The number of nitrogens with two attached hydrogens (primary N) is 1. The molecule has 1 unspecified atom stereocenters. The van der Waals surface area contributed by atoms with E-state index in [1.165, 1.54) is 4.80 Å². The molecule has 13 nitrogen and oxygen atoms in total. The molecule has 3 heterocycles. The minimum absolute atomic E-state index is 0.0964. The number of aromatic nitrogens is 5. The van der Waals surface area contributed by atoms with Crippen LogP contribution in [0.1, 0.15) is 38.3 Å². The molecule has 1 aliphatic heterocycles. The van der Waals surface area contributed by atoms with Crippen molar-refractivity contribution in [1.82, 2.24) is 30.1 Å². The summed E-state index contributed by atoms with van der Waals surface area (Å²) < 4.78 is 16.5. The number of benzene rings is 2. The Morgan fingerprint density at radius 1 is 1.10 bits per heavy atom. The summed E-state index contributed by atoms with van der Waals surface area (Å²) in [4.78, 5) is 25.1. The fourth-order valence-corrected chi connectivity index (χ4v) is 4.22. The average molecular weight is 563 g/mol. The minimum Gasteiger partial charge on any atom is -0.497 e. The number of carbonyl (C=O) groups excluding carboxylic acids is 1. The maximum atomic E-state index is 12.1. The van der Waals surface area contributed by atoms with Crippen molar-refractivity contribution in [3.05, 3.63) is 66.0 Å². The average Bonchev–Trinajstić information content (AvgIpc) is 3.38. The van der Waals surface area contributed by atoms with Crippen molar-refractivity contribution in [3.63, 3.8) is 0 Å². The predicted molar refractivity (Wildman–Crippen MR) is 150 cm³/mol. The highest BCUT2D eigenvalue weighted by atomic mass is 16.6. The molecule has 4 aromatic rings. The number of carbonyl (C=O) groups is 1. The van der Waals surface area contributed by atoms with Gasteiger partial charge in [-0.3, -0.25) is 4.84 Å². The van der Waals surface area contributed by atoms with Gasteiger partial charge in [0.15, 0.2) is 6.10 Å². The highest BCUT2D eigenvalue weighted by Crippen LogP contribution is 2.24. The molecule has 216 valence electrons. The standard InChI is InChI=1S/C28H34N8O5/c1-28(2,3)40-27(37)35-15-20(16-35)30-25-12-7-19-13-22(10-11-23(19)31-25)39-17-24(41-29)26-32-34-36(33-26)14-18-5-8-21(38-4)9-6-18/h5-13,20,24H,14-17,29H2,1-4H3,(H,30,31). The van der Waals surface area contributed by atoms with Crippen molar-refractivity contribution in [2.24, 2.45) is 5.90 Å². The Morgan fingerprint density at radius 2 is 1.85 bits per heavy atom. The molecule has 1 atom stereocenters. The quantitative estimate of drug-likeness (QED) is 0.274. The lowest BCUT2D eigenvalue weighted by Gasteiger charge is -2.40. The van der Waals surface area contributed by atoms with E-state index in [1.54, 1.807) is 12.0 Å². The van der Waals surface area contributed by atoms with E-state index < -0.39 is 11.7 Å². The smallest absolute Gasteiger partial charge is 0.410 e. The van der Waals surface area contributed by atoms with Gasteiger partial charge in [-0.25, -0.2) is 15.7 Å². The Morgan fingerprint density at radius 3 is 2.56 bits per heavy atom. The van der Waals surface area contributed by atoms with Crippen LogP contribution in [0.5, 0.6) is 11.5 Å². The van der Waals surface area contributed by atoms with E-state index >= 15 is 0 Å². The summed E-state index contributed by atoms with van der Waals surface area (Å²) >= 11 is 0. The van der Waals surface area contributed by atoms with E-state index in [-0.39, 0.29) is 18.7 Å². The first-order valence-electron chi connectivity index (χ1n) is 13.2. The molecule has 1 fully saturated rings. The lowest BCUT2D eigenvalue weighted by Crippen LogP contribution is -2.58. The summed E-state index contributed by atoms with van der Waals surface area (Å²) in [5, 5.41) is 16.8. The zero-order chi connectivity index (χ0) is 29.0. The number of fused-ring (bicyclic) bond motifs is 1. The summed E-state index contributed by atoms with van der Waals surface area (Å²) in [5.74, 6) is 7.98. The molecule has 2 aromatic carbocycles. The van der Waals surface area contributed by atoms with Crippen LogP contribution < -0.4 is 20.7 Å². The van der Waals surface area contributed by atoms with Gasteiger partial charge in [0.05, 0.1) is 25.2 Å². The largest absolute Gasteiger partial charge is 0.497 e. The minimum atomic E-state index is -0.706. The van der Waals surface area contributed by atoms with Crippen LogP contribution in [0.4, 0.5) is 10.6 Å². The van der Waals surface area contributed by atoms with Crippen molar-refractivity contribution in [2.45, 2.75) is 45.1 Å². The van der Waals surface area contributed by atoms with Gasteiger partial charge < -0.3 is 24.4 Å². The highest BCUT2D eigenvalue weighted by Gasteiger charge is 2.33. The van der Waals surface area contributed by atoms with Crippen molar-refractivity contribution < 1.29 is 23.8 Å². The molecular weight excluding hydrogens is 528 g/mol. The maximum absolute atomic E-state index is 12.1. The first kappa shape index (κ1) is 28.1. The number of hydrogen-bond donors (Lipinski definition) is 2. The first-order chi connectivity index (χ1) is 19.7. The Bertz CT molecular complexity index is 1480. The van der Waals surface area contributed by atoms with Gasteiger partial charge in [-0.1, -0.05) is 12.1 Å². The normalized spacial score (nSPS) is 14.4. The molecule has 1 saturated heterocycles. The van der Waals surface area contributed by atoms with Crippen LogP contribution in [0.2, 0.25) is 0 Å². The molecule has 3 N–H and O–H groups in total. The predicted octanol–water partition coefficient (Wildman–Crippen LogP) is 3.32. The van der Waals surface area contributed by atoms with Gasteiger partial charge in [0.1, 0.15) is 29.5 Å². The zero-order valence-electron chi connectivity index (χ0n) is 23.5. The van der Waals surface area contributed by atoms with Crippen LogP contribution in [0.15, 0.2) is 54.6 Å². The fraction of sp³-hybridized carbons (Fsp3) is 0.393. The van der Waals surface area contributed by atoms with Gasteiger partial charge in [0, 0.05) is 18.5 Å². The molecule has 0 saturated carbocycles. The number of anilines is 1. The van der Waals surface area contributed by atoms with Crippen molar-refractivity contribution in [2.75, 3.05) is 32.1 Å². The van der Waals surface area contributed by atoms with Crippen LogP contribution in [0.3, 0.4) is 0 Å². The third-order valence-corrected chi connectivity index (χ3v) is 6.35. The van der Waals surface area contributed by atoms with E-state index in [4.69, 9.17) is 24.9 Å². The molecule has 2 aromatic heterocycles. The van der Waals surface area contributed by atoms with Gasteiger partial charge in [0.2, 0.25) is 5.82 Å². The number of likely N-dealkylation sites (tertiary alicyclic amines) is 1. The fourth-order valence-electron chi connectivity index (χ4n) is 4.22. The first-order valence-corrected chi connectivity index (χ1v) is 13.2. The number of nitrogens with zero attached hydrogens (tertiary/aromatic N) is 6. The van der Waals surface area contributed by atoms with Crippen LogP contribution in [0.25, 0.3) is 10.9 Å². The molecule has 13 heteroatoms. The lowest BCUT2D eigenvalue weighted by atomic mass is 10.1. The van der Waals surface area contributed by atoms with Crippen molar-refractivity contribution in [1.29, 1.82) is 0 Å². The summed E-state index contributed by atoms with van der Waals surface area (Å²) in [6.45, 7) is 7.23. The molecule has 0 radical (unpaired) electrons. The number of hydrogen-bond acceptors (Lipinski definition) is 11. The zero-order valence-corrected chi connectivity index (χ0v) is 23.5. The van der Waals surface area contributed by atoms with Crippen molar-refractivity contribution in [3.8, 4) is 11.5 Å². The van der Waals surface area contributed by atoms with Gasteiger partial charge in [-0.15, -0.1) is 10.2 Å². The van der Waals surface area contributed by atoms with E-state index in [0.29, 0.717) is 31.2 Å². The maximum Gasteiger partial charge on any atom is 0.410 e. The van der Waals surface area contributed by atoms with Crippen molar-refractivity contribution >= 4 is 22.8 Å². The highest BCUT2D eigenvalue weighted by molar-refractivity contribution is 5.81. The number of methoxy groups -OCH3 is 1. The Balaban J connectivity index is 1.13. The van der Waals surface area contributed by atoms with Crippen LogP contribution in [-0.4, -0.2) is 74.6 Å².